The van der Waals surface area contributed by atoms with Crippen LogP contribution < -0.4 is 5.32 Å². The Morgan fingerprint density at radius 3 is 2.91 bits per heavy atom. The fourth-order valence-electron chi connectivity index (χ4n) is 0.809. The fraction of sp³-hybridized carbons (Fsp3) is 0.167. The summed E-state index contributed by atoms with van der Waals surface area (Å²) in [5, 5.41) is 11.3. The smallest absolute Gasteiger partial charge is 0.183 e. The van der Waals surface area contributed by atoms with Crippen LogP contribution in [0.15, 0.2) is 12.4 Å². The van der Waals surface area contributed by atoms with E-state index in [-0.39, 0.29) is 0 Å². The number of hydrogen-bond acceptors (Lipinski definition) is 5. The van der Waals surface area contributed by atoms with Crippen molar-refractivity contribution in [3.8, 4) is 0 Å². The Morgan fingerprint density at radius 2 is 2.18 bits per heavy atom. The minimum absolute atomic E-state index is 0.898. The highest BCUT2D eigenvalue weighted by molar-refractivity contribution is 7.22. The largest absolute Gasteiger partial charge is 0.365 e. The summed E-state index contributed by atoms with van der Waals surface area (Å²) in [5.41, 5.74) is 0.898. The van der Waals surface area contributed by atoms with Crippen molar-refractivity contribution in [1.29, 1.82) is 0 Å². The summed E-state index contributed by atoms with van der Waals surface area (Å²) in [4.78, 5) is 4.24. The molecule has 0 atom stereocenters. The topological polar surface area (TPSA) is 50.7 Å². The molecule has 4 nitrogen and oxygen atoms in total. The highest BCUT2D eigenvalue weighted by atomic mass is 32.1. The van der Waals surface area contributed by atoms with Crippen LogP contribution in [0.2, 0.25) is 0 Å². The molecule has 0 spiro atoms. The molecule has 11 heavy (non-hydrogen) atoms. The molecular formula is C6H6N4S. The molecule has 0 saturated heterocycles. The molecule has 0 unspecified atom stereocenters. The first kappa shape index (κ1) is 6.48. The molecule has 0 aliphatic heterocycles. The number of rotatable bonds is 1. The third-order valence-electron chi connectivity index (χ3n) is 1.32. The van der Waals surface area contributed by atoms with E-state index in [9.17, 15) is 0 Å². The van der Waals surface area contributed by atoms with E-state index in [4.69, 9.17) is 0 Å². The number of nitrogens with zero attached hydrogens (tertiary/aromatic N) is 3. The van der Waals surface area contributed by atoms with Crippen molar-refractivity contribution >= 4 is 26.7 Å². The molecule has 2 aromatic heterocycles. The summed E-state index contributed by atoms with van der Waals surface area (Å²) in [6, 6.07) is 0. The Hall–Kier alpha value is -1.23. The highest BCUT2D eigenvalue weighted by Gasteiger charge is 2.00. The van der Waals surface area contributed by atoms with Crippen molar-refractivity contribution in [2.75, 3.05) is 12.4 Å². The van der Waals surface area contributed by atoms with Crippen LogP contribution in [0.1, 0.15) is 0 Å². The molecule has 0 bridgehead atoms. The third kappa shape index (κ3) is 1.03. The van der Waals surface area contributed by atoms with Gasteiger partial charge in [0.2, 0.25) is 0 Å². The molecule has 0 amide bonds. The van der Waals surface area contributed by atoms with E-state index in [0.717, 1.165) is 15.3 Å². The van der Waals surface area contributed by atoms with Gasteiger partial charge in [0.1, 0.15) is 5.52 Å². The van der Waals surface area contributed by atoms with E-state index in [2.05, 4.69) is 20.5 Å². The van der Waals surface area contributed by atoms with Crippen molar-refractivity contribution in [2.45, 2.75) is 0 Å². The summed E-state index contributed by atoms with van der Waals surface area (Å²) in [7, 11) is 1.85. The first-order valence-electron chi connectivity index (χ1n) is 3.15. The minimum Gasteiger partial charge on any atom is -0.365 e. The molecule has 0 aliphatic carbocycles. The number of hydrogen-bond donors (Lipinski definition) is 1. The molecule has 0 saturated carbocycles. The number of anilines is 1. The standard InChI is InChI=1S/C6H6N4S/c1-7-6-10-4-2-8-9-3-5(4)11-6/h2-3H,1H3,(H,7,10). The number of aromatic nitrogens is 3. The van der Waals surface area contributed by atoms with Gasteiger partial charge in [-0.1, -0.05) is 11.3 Å². The van der Waals surface area contributed by atoms with Gasteiger partial charge in [-0.05, 0) is 0 Å². The van der Waals surface area contributed by atoms with Gasteiger partial charge in [-0.2, -0.15) is 10.2 Å². The lowest BCUT2D eigenvalue weighted by atomic mass is 10.5. The van der Waals surface area contributed by atoms with Crippen LogP contribution in [0.25, 0.3) is 10.2 Å². The SMILES string of the molecule is CNc1nc2cnncc2s1. The minimum atomic E-state index is 0.898. The Morgan fingerprint density at radius 1 is 1.36 bits per heavy atom. The predicted molar refractivity (Wildman–Crippen MR) is 44.8 cm³/mol. The van der Waals surface area contributed by atoms with E-state index >= 15 is 0 Å². The summed E-state index contributed by atoms with van der Waals surface area (Å²) in [6.45, 7) is 0. The average Bonchev–Trinajstić information content (AvgIpc) is 2.46. The summed E-state index contributed by atoms with van der Waals surface area (Å²) in [5.74, 6) is 0. The van der Waals surface area contributed by atoms with Crippen molar-refractivity contribution in [2.24, 2.45) is 0 Å². The molecule has 1 N–H and O–H groups in total. The molecule has 2 heterocycles. The first-order valence-corrected chi connectivity index (χ1v) is 3.97. The normalized spacial score (nSPS) is 10.3. The molecule has 0 aromatic carbocycles. The van der Waals surface area contributed by atoms with Crippen LogP contribution in [0, 0.1) is 0 Å². The second-order valence-corrected chi connectivity index (χ2v) is 3.04. The Bertz CT molecular complexity index is 336. The van der Waals surface area contributed by atoms with E-state index < -0.39 is 0 Å². The van der Waals surface area contributed by atoms with E-state index in [1.807, 2.05) is 7.05 Å². The van der Waals surface area contributed by atoms with Gasteiger partial charge in [0.05, 0.1) is 17.1 Å². The quantitative estimate of drug-likeness (QED) is 0.690. The van der Waals surface area contributed by atoms with Crippen molar-refractivity contribution in [3.05, 3.63) is 12.4 Å². The van der Waals surface area contributed by atoms with Crippen LogP contribution in [-0.4, -0.2) is 22.2 Å². The molecule has 2 rings (SSSR count). The molecule has 56 valence electrons. The lowest BCUT2D eigenvalue weighted by Crippen LogP contribution is -1.84. The van der Waals surface area contributed by atoms with Gasteiger partial charge in [0.25, 0.3) is 0 Å². The summed E-state index contributed by atoms with van der Waals surface area (Å²) < 4.78 is 1.06. The third-order valence-corrected chi connectivity index (χ3v) is 2.34. The van der Waals surface area contributed by atoms with E-state index in [0.29, 0.717) is 0 Å². The summed E-state index contributed by atoms with van der Waals surface area (Å²) >= 11 is 1.57. The maximum Gasteiger partial charge on any atom is 0.183 e. The van der Waals surface area contributed by atoms with E-state index in [1.165, 1.54) is 0 Å². The Kier molecular flexibility index (Phi) is 1.43. The molecule has 0 radical (unpaired) electrons. The predicted octanol–water partition coefficient (Wildman–Crippen LogP) is 1.13. The molecular weight excluding hydrogens is 160 g/mol. The van der Waals surface area contributed by atoms with Gasteiger partial charge in [0, 0.05) is 7.05 Å². The zero-order valence-electron chi connectivity index (χ0n) is 5.90. The van der Waals surface area contributed by atoms with Gasteiger partial charge >= 0.3 is 0 Å². The van der Waals surface area contributed by atoms with Crippen LogP contribution in [-0.2, 0) is 0 Å². The van der Waals surface area contributed by atoms with Gasteiger partial charge < -0.3 is 5.32 Å². The number of fused-ring (bicyclic) bond motifs is 1. The Labute approximate surface area is 67.3 Å². The molecule has 5 heteroatoms. The van der Waals surface area contributed by atoms with Crippen LogP contribution in [0.5, 0.6) is 0 Å². The molecule has 0 aliphatic rings. The number of thiazole rings is 1. The Balaban J connectivity index is 2.69. The summed E-state index contributed by atoms with van der Waals surface area (Å²) in [6.07, 6.45) is 3.38. The van der Waals surface area contributed by atoms with E-state index in [1.54, 1.807) is 23.7 Å². The maximum atomic E-state index is 4.24. The van der Waals surface area contributed by atoms with Gasteiger partial charge in [-0.25, -0.2) is 4.98 Å². The van der Waals surface area contributed by atoms with Crippen molar-refractivity contribution < 1.29 is 0 Å². The zero-order chi connectivity index (χ0) is 7.68. The van der Waals surface area contributed by atoms with Crippen LogP contribution >= 0.6 is 11.3 Å². The van der Waals surface area contributed by atoms with Crippen molar-refractivity contribution in [3.63, 3.8) is 0 Å². The monoisotopic (exact) mass is 166 g/mol. The fourth-order valence-corrected chi connectivity index (χ4v) is 1.57. The van der Waals surface area contributed by atoms with Crippen LogP contribution in [0.4, 0.5) is 5.13 Å². The lowest BCUT2D eigenvalue weighted by Gasteiger charge is -1.84. The van der Waals surface area contributed by atoms with Gasteiger partial charge in [-0.3, -0.25) is 0 Å². The second kappa shape index (κ2) is 2.43. The lowest BCUT2D eigenvalue weighted by molar-refractivity contribution is 1.05. The van der Waals surface area contributed by atoms with Gasteiger partial charge in [0.15, 0.2) is 5.13 Å². The van der Waals surface area contributed by atoms with Crippen molar-refractivity contribution in [1.82, 2.24) is 15.2 Å². The first-order chi connectivity index (χ1) is 5.40. The number of nitrogens with one attached hydrogen (secondary N) is 1. The van der Waals surface area contributed by atoms with Gasteiger partial charge in [-0.15, -0.1) is 0 Å². The average molecular weight is 166 g/mol. The zero-order valence-corrected chi connectivity index (χ0v) is 6.72. The molecule has 0 fully saturated rings. The second-order valence-electron chi connectivity index (χ2n) is 2.01. The van der Waals surface area contributed by atoms with Crippen LogP contribution in [0.3, 0.4) is 0 Å². The highest BCUT2D eigenvalue weighted by Crippen LogP contribution is 2.22. The maximum absolute atomic E-state index is 4.24. The molecule has 2 aromatic rings.